The first kappa shape index (κ1) is 19.6. The quantitative estimate of drug-likeness (QED) is 0.549. The Morgan fingerprint density at radius 2 is 1.81 bits per heavy atom. The lowest BCUT2D eigenvalue weighted by Crippen LogP contribution is -2.31. The Labute approximate surface area is 171 Å². The first-order chi connectivity index (χ1) is 13.0. The summed E-state index contributed by atoms with van der Waals surface area (Å²) in [5.41, 5.74) is 2.12. The van der Waals surface area contributed by atoms with Crippen LogP contribution in [0.3, 0.4) is 0 Å². The number of nitrogens with one attached hydrogen (secondary N) is 1. The van der Waals surface area contributed by atoms with Gasteiger partial charge in [0, 0.05) is 16.1 Å². The van der Waals surface area contributed by atoms with E-state index in [2.05, 4.69) is 48.1 Å². The van der Waals surface area contributed by atoms with Crippen molar-refractivity contribution in [3.05, 3.63) is 64.6 Å². The zero-order valence-corrected chi connectivity index (χ0v) is 17.6. The van der Waals surface area contributed by atoms with Crippen LogP contribution in [0.2, 0.25) is 0 Å². The molecule has 0 aliphatic carbocycles. The van der Waals surface area contributed by atoms with Gasteiger partial charge in [0.25, 0.3) is 0 Å². The van der Waals surface area contributed by atoms with Crippen molar-refractivity contribution >= 4 is 33.6 Å². The van der Waals surface area contributed by atoms with Crippen molar-refractivity contribution in [2.45, 2.75) is 31.6 Å². The van der Waals surface area contributed by atoms with Gasteiger partial charge in [0.1, 0.15) is 0 Å². The minimum Gasteiger partial charge on any atom is -0.353 e. The number of hydrogen-bond acceptors (Lipinski definition) is 4. The van der Waals surface area contributed by atoms with Crippen LogP contribution >= 0.6 is 27.7 Å². The van der Waals surface area contributed by atoms with Gasteiger partial charge in [0.05, 0.1) is 12.3 Å². The maximum atomic E-state index is 12.0. The highest BCUT2D eigenvalue weighted by Crippen LogP contribution is 2.30. The van der Waals surface area contributed by atoms with E-state index in [4.69, 9.17) is 0 Å². The molecule has 0 saturated carbocycles. The Hall–Kier alpha value is -2.12. The monoisotopic (exact) mass is 444 g/mol. The molecule has 0 spiro atoms. The van der Waals surface area contributed by atoms with Gasteiger partial charge in [-0.15, -0.1) is 10.2 Å². The number of benzene rings is 2. The van der Waals surface area contributed by atoms with Crippen LogP contribution in [0.25, 0.3) is 11.4 Å². The molecule has 0 saturated heterocycles. The maximum Gasteiger partial charge on any atom is 0.230 e. The van der Waals surface area contributed by atoms with E-state index in [1.807, 2.05) is 56.3 Å². The Kier molecular flexibility index (Phi) is 6.68. The average Bonchev–Trinajstić information content (AvgIpc) is 3.03. The van der Waals surface area contributed by atoms with E-state index in [1.165, 1.54) is 11.8 Å². The van der Waals surface area contributed by atoms with Gasteiger partial charge in [0.15, 0.2) is 11.0 Å². The lowest BCUT2D eigenvalue weighted by Gasteiger charge is -2.12. The number of amides is 1. The van der Waals surface area contributed by atoms with Crippen molar-refractivity contribution in [2.24, 2.45) is 0 Å². The zero-order chi connectivity index (χ0) is 19.2. The summed E-state index contributed by atoms with van der Waals surface area (Å²) in [6.07, 6.45) is 0. The number of hydrogen-bond donors (Lipinski definition) is 1. The van der Waals surface area contributed by atoms with Crippen LogP contribution in [0.15, 0.2) is 64.2 Å². The predicted octanol–water partition coefficient (Wildman–Crippen LogP) is 4.37. The van der Waals surface area contributed by atoms with Crippen LogP contribution in [0.5, 0.6) is 0 Å². The lowest BCUT2D eigenvalue weighted by molar-refractivity contribution is -0.119. The highest BCUT2D eigenvalue weighted by atomic mass is 79.9. The van der Waals surface area contributed by atoms with Gasteiger partial charge in [-0.3, -0.25) is 9.36 Å². The molecular weight excluding hydrogens is 424 g/mol. The van der Waals surface area contributed by atoms with Crippen molar-refractivity contribution in [1.82, 2.24) is 20.1 Å². The highest BCUT2D eigenvalue weighted by Gasteiger charge is 2.17. The summed E-state index contributed by atoms with van der Waals surface area (Å²) in [4.78, 5) is 12.0. The van der Waals surface area contributed by atoms with Crippen LogP contribution < -0.4 is 5.32 Å². The normalized spacial score (nSPS) is 11.0. The molecule has 140 valence electrons. The van der Waals surface area contributed by atoms with Crippen molar-refractivity contribution in [3.63, 3.8) is 0 Å². The first-order valence-corrected chi connectivity index (χ1v) is 10.5. The summed E-state index contributed by atoms with van der Waals surface area (Å²) < 4.78 is 3.02. The fourth-order valence-electron chi connectivity index (χ4n) is 2.64. The molecule has 0 unspecified atom stereocenters. The molecule has 1 aromatic heterocycles. The number of carbonyl (C=O) groups is 1. The molecule has 0 fully saturated rings. The topological polar surface area (TPSA) is 59.8 Å². The molecule has 0 aliphatic rings. The molecule has 1 heterocycles. The number of nitrogens with zero attached hydrogens (tertiary/aromatic N) is 3. The van der Waals surface area contributed by atoms with Crippen LogP contribution in [0.1, 0.15) is 19.4 Å². The third-order valence-corrected chi connectivity index (χ3v) is 5.46. The Balaban J connectivity index is 1.91. The van der Waals surface area contributed by atoms with E-state index in [1.54, 1.807) is 0 Å². The Morgan fingerprint density at radius 1 is 1.11 bits per heavy atom. The molecule has 2 aromatic carbocycles. The minimum absolute atomic E-state index is 0.00768. The number of carbonyl (C=O) groups excluding carboxylic acids is 1. The molecule has 0 bridgehead atoms. The molecule has 3 rings (SSSR count). The van der Waals surface area contributed by atoms with Crippen LogP contribution in [0, 0.1) is 0 Å². The fourth-order valence-corrected chi connectivity index (χ4v) is 3.85. The molecule has 5 nitrogen and oxygen atoms in total. The van der Waals surface area contributed by atoms with E-state index in [0.29, 0.717) is 12.3 Å². The second-order valence-corrected chi connectivity index (χ2v) is 8.17. The van der Waals surface area contributed by atoms with Gasteiger partial charge < -0.3 is 5.32 Å². The molecule has 7 heteroatoms. The molecule has 0 radical (unpaired) electrons. The van der Waals surface area contributed by atoms with Crippen LogP contribution in [-0.4, -0.2) is 32.5 Å². The van der Waals surface area contributed by atoms with Crippen LogP contribution in [-0.2, 0) is 11.3 Å². The second kappa shape index (κ2) is 9.19. The van der Waals surface area contributed by atoms with Crippen molar-refractivity contribution in [3.8, 4) is 11.4 Å². The van der Waals surface area contributed by atoms with E-state index in [-0.39, 0.29) is 11.9 Å². The second-order valence-electron chi connectivity index (χ2n) is 6.37. The number of halogens is 1. The molecule has 1 amide bonds. The standard InChI is InChI=1S/C20H21BrN4OS/c1-14(2)22-18(26)13-27-20-24-23-19(16-10-6-7-11-17(16)21)25(20)12-15-8-4-3-5-9-15/h3-11,14H,12-13H2,1-2H3,(H,22,26). The van der Waals surface area contributed by atoms with E-state index >= 15 is 0 Å². The summed E-state index contributed by atoms with van der Waals surface area (Å²) in [5.74, 6) is 1.07. The van der Waals surface area contributed by atoms with Gasteiger partial charge in [-0.25, -0.2) is 0 Å². The zero-order valence-electron chi connectivity index (χ0n) is 15.2. The summed E-state index contributed by atoms with van der Waals surface area (Å²) in [6, 6.07) is 18.2. The van der Waals surface area contributed by atoms with E-state index in [0.717, 1.165) is 26.6 Å². The summed E-state index contributed by atoms with van der Waals surface area (Å²) in [5, 5.41) is 12.4. The first-order valence-electron chi connectivity index (χ1n) is 8.69. The van der Waals surface area contributed by atoms with E-state index < -0.39 is 0 Å². The third-order valence-electron chi connectivity index (χ3n) is 3.80. The molecule has 27 heavy (non-hydrogen) atoms. The smallest absolute Gasteiger partial charge is 0.230 e. The maximum absolute atomic E-state index is 12.0. The van der Waals surface area contributed by atoms with Gasteiger partial charge in [-0.05, 0) is 25.5 Å². The van der Waals surface area contributed by atoms with Crippen molar-refractivity contribution in [2.75, 3.05) is 5.75 Å². The summed E-state index contributed by atoms with van der Waals surface area (Å²) >= 11 is 5.00. The number of aromatic nitrogens is 3. The van der Waals surface area contributed by atoms with Gasteiger partial charge in [-0.2, -0.15) is 0 Å². The largest absolute Gasteiger partial charge is 0.353 e. The number of thioether (sulfide) groups is 1. The minimum atomic E-state index is -0.00768. The summed E-state index contributed by atoms with van der Waals surface area (Å²) in [7, 11) is 0. The molecule has 1 N–H and O–H groups in total. The lowest BCUT2D eigenvalue weighted by atomic mass is 10.2. The Morgan fingerprint density at radius 3 is 2.52 bits per heavy atom. The van der Waals surface area contributed by atoms with Gasteiger partial charge >= 0.3 is 0 Å². The van der Waals surface area contributed by atoms with Crippen molar-refractivity contribution < 1.29 is 4.79 Å². The van der Waals surface area contributed by atoms with E-state index in [9.17, 15) is 4.79 Å². The highest BCUT2D eigenvalue weighted by molar-refractivity contribution is 9.10. The predicted molar refractivity (Wildman–Crippen MR) is 113 cm³/mol. The average molecular weight is 445 g/mol. The SMILES string of the molecule is CC(C)NC(=O)CSc1nnc(-c2ccccc2Br)n1Cc1ccccc1. The summed E-state index contributed by atoms with van der Waals surface area (Å²) in [6.45, 7) is 4.54. The molecule has 0 atom stereocenters. The molecular formula is C20H21BrN4OS. The van der Waals surface area contributed by atoms with Gasteiger partial charge in [0.2, 0.25) is 5.91 Å². The third kappa shape index (κ3) is 5.20. The fraction of sp³-hybridized carbons (Fsp3) is 0.250. The van der Waals surface area contributed by atoms with Crippen LogP contribution in [0.4, 0.5) is 0 Å². The van der Waals surface area contributed by atoms with Crippen molar-refractivity contribution in [1.29, 1.82) is 0 Å². The molecule has 3 aromatic rings. The van der Waals surface area contributed by atoms with Gasteiger partial charge in [-0.1, -0.05) is 76.2 Å². The molecule has 0 aliphatic heterocycles. The Bertz CT molecular complexity index is 911. The number of rotatable bonds is 7.